The molecule has 1 aromatic heterocycles. The van der Waals surface area contributed by atoms with E-state index in [4.69, 9.17) is 4.74 Å². The smallest absolute Gasteiger partial charge is 0.261 e. The van der Waals surface area contributed by atoms with Crippen molar-refractivity contribution in [2.24, 2.45) is 0 Å². The highest BCUT2D eigenvalue weighted by Gasteiger charge is 2.26. The summed E-state index contributed by atoms with van der Waals surface area (Å²) in [6, 6.07) is 16.2. The highest BCUT2D eigenvalue weighted by molar-refractivity contribution is 7.88. The lowest BCUT2D eigenvalue weighted by Crippen LogP contribution is -2.34. The number of rotatable bonds is 5. The van der Waals surface area contributed by atoms with Gasteiger partial charge in [-0.25, -0.2) is 13.4 Å². The number of carbonyl (C=O) groups excluding carboxylic acids is 1. The summed E-state index contributed by atoms with van der Waals surface area (Å²) in [5.41, 5.74) is 1.22. The first kappa shape index (κ1) is 19.6. The summed E-state index contributed by atoms with van der Waals surface area (Å²) in [7, 11) is -3.25. The molecular weight excluding hydrogens is 410 g/mol. The van der Waals surface area contributed by atoms with Gasteiger partial charge in [0.15, 0.2) is 5.13 Å². The van der Waals surface area contributed by atoms with Crippen LogP contribution in [0.25, 0.3) is 0 Å². The first-order valence-corrected chi connectivity index (χ1v) is 11.6. The third-order valence-corrected chi connectivity index (χ3v) is 6.74. The van der Waals surface area contributed by atoms with Crippen LogP contribution in [0.5, 0.6) is 11.5 Å². The van der Waals surface area contributed by atoms with Crippen LogP contribution < -0.4 is 10.1 Å². The summed E-state index contributed by atoms with van der Waals surface area (Å²) in [5.74, 6) is 0.752. The number of benzene rings is 2. The summed E-state index contributed by atoms with van der Waals surface area (Å²) in [6.07, 6.45) is 1.73. The minimum absolute atomic E-state index is 0.287. The number of thiazole rings is 1. The molecule has 0 fully saturated rings. The molecule has 0 saturated carbocycles. The number of aromatic nitrogens is 1. The van der Waals surface area contributed by atoms with Gasteiger partial charge in [0.05, 0.1) is 17.5 Å². The van der Waals surface area contributed by atoms with Gasteiger partial charge in [-0.05, 0) is 24.3 Å². The van der Waals surface area contributed by atoms with Crippen LogP contribution in [0.2, 0.25) is 0 Å². The number of hydrogen-bond acceptors (Lipinski definition) is 6. The Morgan fingerprint density at radius 3 is 2.62 bits per heavy atom. The minimum atomic E-state index is -3.25. The van der Waals surface area contributed by atoms with E-state index < -0.39 is 10.0 Å². The fourth-order valence-corrected chi connectivity index (χ4v) is 4.92. The second-order valence-electron chi connectivity index (χ2n) is 6.60. The molecule has 0 saturated heterocycles. The Morgan fingerprint density at radius 2 is 1.86 bits per heavy atom. The Morgan fingerprint density at radius 1 is 1.14 bits per heavy atom. The molecule has 1 aliphatic heterocycles. The molecule has 150 valence electrons. The molecule has 0 spiro atoms. The SMILES string of the molecule is CS(=O)(=O)N1CCc2nc(NC(=O)c3ccccc3Oc3ccccc3)sc2C1. The van der Waals surface area contributed by atoms with Crippen LogP contribution in [-0.2, 0) is 23.0 Å². The van der Waals surface area contributed by atoms with Gasteiger partial charge in [0.25, 0.3) is 5.91 Å². The number of hydrogen-bond donors (Lipinski definition) is 1. The third-order valence-electron chi connectivity index (χ3n) is 4.49. The van der Waals surface area contributed by atoms with Crippen LogP contribution in [-0.4, -0.2) is 36.4 Å². The van der Waals surface area contributed by atoms with Gasteiger partial charge < -0.3 is 4.74 Å². The maximum Gasteiger partial charge on any atom is 0.261 e. The predicted octanol–water partition coefficient (Wildman–Crippen LogP) is 3.51. The van der Waals surface area contributed by atoms with E-state index in [0.717, 1.165) is 10.6 Å². The molecule has 0 aliphatic carbocycles. The molecular formula is C20H19N3O4S2. The van der Waals surface area contributed by atoms with E-state index in [9.17, 15) is 13.2 Å². The van der Waals surface area contributed by atoms with Crippen molar-refractivity contribution in [3.63, 3.8) is 0 Å². The average molecular weight is 430 g/mol. The standard InChI is InChI=1S/C20H19N3O4S2/c1-29(25,26)23-12-11-16-18(13-23)28-20(21-16)22-19(24)15-9-5-6-10-17(15)27-14-7-3-2-4-8-14/h2-10H,11-13H2,1H3,(H,21,22,24). The second kappa shape index (κ2) is 7.94. The van der Waals surface area contributed by atoms with Gasteiger partial charge in [-0.15, -0.1) is 11.3 Å². The van der Waals surface area contributed by atoms with E-state index in [0.29, 0.717) is 35.2 Å². The summed E-state index contributed by atoms with van der Waals surface area (Å²) in [5, 5.41) is 3.26. The van der Waals surface area contributed by atoms with Gasteiger partial charge in [-0.2, -0.15) is 4.31 Å². The number of para-hydroxylation sites is 2. The minimum Gasteiger partial charge on any atom is -0.457 e. The van der Waals surface area contributed by atoms with E-state index >= 15 is 0 Å². The number of anilines is 1. The highest BCUT2D eigenvalue weighted by Crippen LogP contribution is 2.31. The molecule has 4 rings (SSSR count). The molecule has 3 aromatic rings. The first-order valence-electron chi connectivity index (χ1n) is 8.97. The molecule has 9 heteroatoms. The van der Waals surface area contributed by atoms with Gasteiger partial charge >= 0.3 is 0 Å². The molecule has 0 radical (unpaired) electrons. The maximum absolute atomic E-state index is 12.8. The quantitative estimate of drug-likeness (QED) is 0.671. The topological polar surface area (TPSA) is 88.6 Å². The van der Waals surface area contributed by atoms with Crippen LogP contribution >= 0.6 is 11.3 Å². The molecule has 0 unspecified atom stereocenters. The molecule has 29 heavy (non-hydrogen) atoms. The lowest BCUT2D eigenvalue weighted by molar-refractivity contribution is 0.102. The summed E-state index contributed by atoms with van der Waals surface area (Å²) >= 11 is 1.30. The van der Waals surface area contributed by atoms with E-state index in [-0.39, 0.29) is 12.5 Å². The van der Waals surface area contributed by atoms with E-state index in [1.165, 1.54) is 21.9 Å². The molecule has 2 heterocycles. The molecule has 0 bridgehead atoms. The van der Waals surface area contributed by atoms with Crippen molar-refractivity contribution in [1.82, 2.24) is 9.29 Å². The second-order valence-corrected chi connectivity index (χ2v) is 9.67. The van der Waals surface area contributed by atoms with E-state index in [1.807, 2.05) is 30.3 Å². The summed E-state index contributed by atoms with van der Waals surface area (Å²) in [6.45, 7) is 0.687. The van der Waals surface area contributed by atoms with E-state index in [2.05, 4.69) is 10.3 Å². The van der Waals surface area contributed by atoms with Gasteiger partial charge in [-0.1, -0.05) is 30.3 Å². The van der Waals surface area contributed by atoms with Crippen LogP contribution in [0.4, 0.5) is 5.13 Å². The van der Waals surface area contributed by atoms with Crippen molar-refractivity contribution < 1.29 is 17.9 Å². The van der Waals surface area contributed by atoms with Crippen LogP contribution in [0, 0.1) is 0 Å². The predicted molar refractivity (Wildman–Crippen MR) is 112 cm³/mol. The Balaban J connectivity index is 1.52. The monoisotopic (exact) mass is 429 g/mol. The highest BCUT2D eigenvalue weighted by atomic mass is 32.2. The fraction of sp³-hybridized carbons (Fsp3) is 0.200. The Hall–Kier alpha value is -2.75. The van der Waals surface area contributed by atoms with Crippen LogP contribution in [0.1, 0.15) is 20.9 Å². The molecule has 1 N–H and O–H groups in total. The zero-order valence-electron chi connectivity index (χ0n) is 15.7. The maximum atomic E-state index is 12.8. The Labute approximate surface area is 173 Å². The first-order chi connectivity index (χ1) is 13.9. The van der Waals surface area contributed by atoms with Crippen molar-refractivity contribution in [2.75, 3.05) is 18.1 Å². The number of sulfonamides is 1. The van der Waals surface area contributed by atoms with Gasteiger partial charge in [0, 0.05) is 24.4 Å². The van der Waals surface area contributed by atoms with Crippen LogP contribution in [0.15, 0.2) is 54.6 Å². The van der Waals surface area contributed by atoms with Crippen molar-refractivity contribution in [3.05, 3.63) is 70.7 Å². The number of amides is 1. The van der Waals surface area contributed by atoms with Gasteiger partial charge in [0.2, 0.25) is 10.0 Å². The van der Waals surface area contributed by atoms with Crippen molar-refractivity contribution >= 4 is 32.4 Å². The Kier molecular flexibility index (Phi) is 5.35. The van der Waals surface area contributed by atoms with Crippen LogP contribution in [0.3, 0.4) is 0 Å². The zero-order chi connectivity index (χ0) is 20.4. The summed E-state index contributed by atoms with van der Waals surface area (Å²) in [4.78, 5) is 18.2. The fourth-order valence-electron chi connectivity index (χ4n) is 3.03. The lowest BCUT2D eigenvalue weighted by atomic mass is 10.2. The molecule has 1 amide bonds. The van der Waals surface area contributed by atoms with Gasteiger partial charge in [-0.3, -0.25) is 10.1 Å². The third kappa shape index (κ3) is 4.47. The van der Waals surface area contributed by atoms with Crippen molar-refractivity contribution in [2.45, 2.75) is 13.0 Å². The molecule has 2 aromatic carbocycles. The number of nitrogens with zero attached hydrogens (tertiary/aromatic N) is 2. The van der Waals surface area contributed by atoms with Crippen molar-refractivity contribution in [3.8, 4) is 11.5 Å². The molecule has 1 aliphatic rings. The molecule has 0 atom stereocenters. The van der Waals surface area contributed by atoms with Gasteiger partial charge in [0.1, 0.15) is 11.5 Å². The Bertz CT molecular complexity index is 1140. The largest absolute Gasteiger partial charge is 0.457 e. The average Bonchev–Trinajstić information content (AvgIpc) is 3.10. The zero-order valence-corrected chi connectivity index (χ0v) is 17.3. The normalized spacial score (nSPS) is 14.2. The number of nitrogens with one attached hydrogen (secondary N) is 1. The van der Waals surface area contributed by atoms with Crippen molar-refractivity contribution in [1.29, 1.82) is 0 Å². The summed E-state index contributed by atoms with van der Waals surface area (Å²) < 4.78 is 30.8. The number of carbonyl (C=O) groups is 1. The molecule has 7 nitrogen and oxygen atoms in total. The number of ether oxygens (including phenoxy) is 1. The lowest BCUT2D eigenvalue weighted by Gasteiger charge is -2.23. The van der Waals surface area contributed by atoms with E-state index in [1.54, 1.807) is 24.3 Å². The number of fused-ring (bicyclic) bond motifs is 1.